The molecule has 0 saturated heterocycles. The van der Waals surface area contributed by atoms with Gasteiger partial charge in [0.05, 0.1) is 11.4 Å². The molecule has 6 heteroatoms. The zero-order valence-electron chi connectivity index (χ0n) is 12.2. The van der Waals surface area contributed by atoms with Crippen molar-refractivity contribution in [2.75, 3.05) is 0 Å². The number of sulfonamides is 1. The maximum atomic E-state index is 13.0. The normalized spacial score (nSPS) is 17.9. The van der Waals surface area contributed by atoms with E-state index >= 15 is 0 Å². The van der Waals surface area contributed by atoms with E-state index in [1.165, 1.54) is 22.5 Å². The van der Waals surface area contributed by atoms with Crippen molar-refractivity contribution in [3.05, 3.63) is 45.9 Å². The third-order valence-electron chi connectivity index (χ3n) is 4.41. The summed E-state index contributed by atoms with van der Waals surface area (Å²) >= 11 is 1.51. The molecule has 1 aromatic carbocycles. The van der Waals surface area contributed by atoms with Gasteiger partial charge in [-0.3, -0.25) is 0 Å². The third kappa shape index (κ3) is 2.59. The van der Waals surface area contributed by atoms with Crippen LogP contribution in [-0.2, 0) is 29.4 Å². The molecule has 2 aromatic rings. The molecule has 22 heavy (non-hydrogen) atoms. The minimum atomic E-state index is -3.44. The molecule has 4 rings (SSSR count). The van der Waals surface area contributed by atoms with Crippen molar-refractivity contribution in [3.63, 3.8) is 0 Å². The summed E-state index contributed by atoms with van der Waals surface area (Å²) in [6.07, 6.45) is 6.83. The average molecular weight is 334 g/mol. The fourth-order valence-corrected chi connectivity index (χ4v) is 5.47. The van der Waals surface area contributed by atoms with Crippen LogP contribution in [0.5, 0.6) is 0 Å². The van der Waals surface area contributed by atoms with Crippen LogP contribution < -0.4 is 0 Å². The van der Waals surface area contributed by atoms with Crippen molar-refractivity contribution in [1.29, 1.82) is 0 Å². The lowest BCUT2D eigenvalue weighted by Crippen LogP contribution is -2.32. The molecule has 1 saturated carbocycles. The zero-order chi connectivity index (χ0) is 15.2. The minimum absolute atomic E-state index is 0.141. The second-order valence-corrected chi connectivity index (χ2v) is 8.86. The molecule has 1 aromatic heterocycles. The Hall–Kier alpha value is -1.24. The quantitative estimate of drug-likeness (QED) is 0.844. The molecule has 0 bridgehead atoms. The first-order valence-electron chi connectivity index (χ1n) is 7.66. The Morgan fingerprint density at radius 3 is 2.77 bits per heavy atom. The SMILES string of the molecule is O=S(=O)(c1ccc2c(c1)CCC2)N(Cc1nccs1)C1CC1. The van der Waals surface area contributed by atoms with Crippen LogP contribution in [0.2, 0.25) is 0 Å². The first kappa shape index (κ1) is 14.4. The van der Waals surface area contributed by atoms with Crippen LogP contribution in [0.3, 0.4) is 0 Å². The fourth-order valence-electron chi connectivity index (χ4n) is 3.08. The summed E-state index contributed by atoms with van der Waals surface area (Å²) in [5, 5.41) is 2.75. The topological polar surface area (TPSA) is 50.3 Å². The number of hydrogen-bond acceptors (Lipinski definition) is 4. The first-order valence-corrected chi connectivity index (χ1v) is 9.98. The lowest BCUT2D eigenvalue weighted by molar-refractivity contribution is 0.398. The summed E-state index contributed by atoms with van der Waals surface area (Å²) in [5.74, 6) is 0. The minimum Gasteiger partial charge on any atom is -0.248 e. The maximum absolute atomic E-state index is 13.0. The van der Waals surface area contributed by atoms with Crippen molar-refractivity contribution in [3.8, 4) is 0 Å². The molecule has 0 spiro atoms. The Morgan fingerprint density at radius 1 is 1.23 bits per heavy atom. The van der Waals surface area contributed by atoms with E-state index in [1.54, 1.807) is 16.6 Å². The van der Waals surface area contributed by atoms with Crippen molar-refractivity contribution >= 4 is 21.4 Å². The van der Waals surface area contributed by atoms with Gasteiger partial charge in [0.15, 0.2) is 0 Å². The largest absolute Gasteiger partial charge is 0.248 e. The van der Waals surface area contributed by atoms with E-state index < -0.39 is 10.0 Å². The second-order valence-electron chi connectivity index (χ2n) is 5.99. The van der Waals surface area contributed by atoms with Crippen LogP contribution >= 0.6 is 11.3 Å². The summed E-state index contributed by atoms with van der Waals surface area (Å²) in [6.45, 7) is 0.391. The number of hydrogen-bond donors (Lipinski definition) is 0. The van der Waals surface area contributed by atoms with Gasteiger partial charge < -0.3 is 0 Å². The predicted octanol–water partition coefficient (Wildman–Crippen LogP) is 2.99. The van der Waals surface area contributed by atoms with Crippen LogP contribution in [0.1, 0.15) is 35.4 Å². The molecule has 2 aliphatic rings. The maximum Gasteiger partial charge on any atom is 0.243 e. The van der Waals surface area contributed by atoms with E-state index in [4.69, 9.17) is 0 Å². The highest BCUT2D eigenvalue weighted by atomic mass is 32.2. The number of aromatic nitrogens is 1. The van der Waals surface area contributed by atoms with Gasteiger partial charge in [-0.05, 0) is 55.4 Å². The Bertz CT molecular complexity index is 780. The van der Waals surface area contributed by atoms with Crippen molar-refractivity contribution in [1.82, 2.24) is 9.29 Å². The molecular formula is C16H18N2O2S2. The number of benzene rings is 1. The fraction of sp³-hybridized carbons (Fsp3) is 0.438. The van der Waals surface area contributed by atoms with Gasteiger partial charge in [-0.1, -0.05) is 6.07 Å². The van der Waals surface area contributed by atoms with Gasteiger partial charge in [0.25, 0.3) is 0 Å². The lowest BCUT2D eigenvalue weighted by atomic mass is 10.1. The van der Waals surface area contributed by atoms with E-state index in [-0.39, 0.29) is 6.04 Å². The molecule has 116 valence electrons. The summed E-state index contributed by atoms with van der Waals surface area (Å²) in [5.41, 5.74) is 2.50. The van der Waals surface area contributed by atoms with Gasteiger partial charge in [-0.25, -0.2) is 13.4 Å². The van der Waals surface area contributed by atoms with E-state index in [1.807, 2.05) is 17.5 Å². The molecule has 0 radical (unpaired) electrons. The molecule has 2 aliphatic carbocycles. The van der Waals surface area contributed by atoms with Crippen LogP contribution in [0.4, 0.5) is 0 Å². The standard InChI is InChI=1S/C16H18N2O2S2/c19-22(20,15-7-4-12-2-1-3-13(12)10-15)18(14-5-6-14)11-16-17-8-9-21-16/h4,7-10,14H,1-3,5-6,11H2. The summed E-state index contributed by atoms with van der Waals surface area (Å²) in [6, 6.07) is 5.79. The number of aryl methyl sites for hydroxylation is 2. The lowest BCUT2D eigenvalue weighted by Gasteiger charge is -2.21. The molecule has 0 amide bonds. The molecule has 0 atom stereocenters. The van der Waals surface area contributed by atoms with E-state index in [9.17, 15) is 8.42 Å². The zero-order valence-corrected chi connectivity index (χ0v) is 13.9. The first-order chi connectivity index (χ1) is 10.6. The smallest absolute Gasteiger partial charge is 0.243 e. The van der Waals surface area contributed by atoms with Crippen molar-refractivity contribution in [2.45, 2.75) is 49.6 Å². The van der Waals surface area contributed by atoms with Crippen LogP contribution in [0.15, 0.2) is 34.7 Å². The monoisotopic (exact) mass is 334 g/mol. The summed E-state index contributed by atoms with van der Waals surface area (Å²) < 4.78 is 27.7. The molecule has 4 nitrogen and oxygen atoms in total. The molecule has 0 unspecified atom stereocenters. The molecule has 0 aliphatic heterocycles. The number of nitrogens with zero attached hydrogens (tertiary/aromatic N) is 2. The second kappa shape index (κ2) is 5.44. The van der Waals surface area contributed by atoms with Gasteiger partial charge in [-0.15, -0.1) is 11.3 Å². The van der Waals surface area contributed by atoms with Gasteiger partial charge in [0, 0.05) is 17.6 Å². The molecule has 1 fully saturated rings. The Morgan fingerprint density at radius 2 is 2.05 bits per heavy atom. The highest BCUT2D eigenvalue weighted by molar-refractivity contribution is 7.89. The van der Waals surface area contributed by atoms with E-state index in [2.05, 4.69) is 4.98 Å². The van der Waals surface area contributed by atoms with E-state index in [0.29, 0.717) is 11.4 Å². The Kier molecular flexibility index (Phi) is 3.55. The van der Waals surface area contributed by atoms with Gasteiger partial charge >= 0.3 is 0 Å². The number of fused-ring (bicyclic) bond motifs is 1. The van der Waals surface area contributed by atoms with Crippen LogP contribution in [-0.4, -0.2) is 23.7 Å². The van der Waals surface area contributed by atoms with Crippen LogP contribution in [0, 0.1) is 0 Å². The number of thiazole rings is 1. The summed E-state index contributed by atoms with van der Waals surface area (Å²) in [7, 11) is -3.44. The Balaban J connectivity index is 1.68. The number of rotatable bonds is 5. The highest BCUT2D eigenvalue weighted by Gasteiger charge is 2.38. The van der Waals surface area contributed by atoms with Crippen molar-refractivity contribution < 1.29 is 8.42 Å². The molecular weight excluding hydrogens is 316 g/mol. The van der Waals surface area contributed by atoms with Gasteiger partial charge in [0.2, 0.25) is 10.0 Å². The predicted molar refractivity (Wildman–Crippen MR) is 86.3 cm³/mol. The summed E-state index contributed by atoms with van der Waals surface area (Å²) in [4.78, 5) is 4.68. The Labute approximate surface area is 134 Å². The molecule has 1 heterocycles. The van der Waals surface area contributed by atoms with Gasteiger partial charge in [-0.2, -0.15) is 4.31 Å². The molecule has 0 N–H and O–H groups in total. The van der Waals surface area contributed by atoms with Crippen LogP contribution in [0.25, 0.3) is 0 Å². The van der Waals surface area contributed by atoms with Crippen molar-refractivity contribution in [2.24, 2.45) is 0 Å². The van der Waals surface area contributed by atoms with Gasteiger partial charge in [0.1, 0.15) is 5.01 Å². The third-order valence-corrected chi connectivity index (χ3v) is 7.06. The average Bonchev–Trinajstić information content (AvgIpc) is 3.02. The highest BCUT2D eigenvalue weighted by Crippen LogP contribution is 2.35. The van der Waals surface area contributed by atoms with E-state index in [0.717, 1.165) is 37.1 Å².